The molecule has 0 spiro atoms. The van der Waals surface area contributed by atoms with Crippen molar-refractivity contribution in [2.75, 3.05) is 5.32 Å². The second-order valence-corrected chi connectivity index (χ2v) is 3.87. The van der Waals surface area contributed by atoms with Crippen LogP contribution in [0.15, 0.2) is 41.3 Å². The molecular weight excluding hydrogens is 259 g/mol. The van der Waals surface area contributed by atoms with Crippen LogP contribution in [0.5, 0.6) is 0 Å². The predicted molar refractivity (Wildman–Crippen MR) is 66.4 cm³/mol. The molecule has 2 rings (SSSR count). The Morgan fingerprint density at radius 1 is 1.28 bits per heavy atom. The lowest BCUT2D eigenvalue weighted by molar-refractivity contribution is 0.102. The SMILES string of the molecule is O=C(Nc1ccc[nH]c1=O)c1c(F)cccc1Cl. The Morgan fingerprint density at radius 2 is 2.06 bits per heavy atom. The van der Waals surface area contributed by atoms with Crippen molar-refractivity contribution in [1.29, 1.82) is 0 Å². The number of benzene rings is 1. The van der Waals surface area contributed by atoms with Crippen LogP contribution < -0.4 is 10.9 Å². The number of rotatable bonds is 2. The van der Waals surface area contributed by atoms with E-state index in [1.54, 1.807) is 6.07 Å². The number of pyridine rings is 1. The predicted octanol–water partition coefficient (Wildman–Crippen LogP) is 2.42. The zero-order valence-corrected chi connectivity index (χ0v) is 9.79. The van der Waals surface area contributed by atoms with Gasteiger partial charge < -0.3 is 10.3 Å². The highest BCUT2D eigenvalue weighted by atomic mass is 35.5. The molecule has 0 aliphatic heterocycles. The molecule has 4 nitrogen and oxygen atoms in total. The number of aromatic nitrogens is 1. The summed E-state index contributed by atoms with van der Waals surface area (Å²) in [5.74, 6) is -1.51. The number of hydrogen-bond donors (Lipinski definition) is 2. The third kappa shape index (κ3) is 2.41. The number of nitrogens with one attached hydrogen (secondary N) is 2. The third-order valence-electron chi connectivity index (χ3n) is 2.26. The van der Waals surface area contributed by atoms with Crippen molar-refractivity contribution in [1.82, 2.24) is 4.98 Å². The van der Waals surface area contributed by atoms with Gasteiger partial charge in [-0.2, -0.15) is 0 Å². The molecule has 2 aromatic rings. The number of anilines is 1. The van der Waals surface area contributed by atoms with E-state index in [0.717, 1.165) is 6.07 Å². The highest BCUT2D eigenvalue weighted by Gasteiger charge is 2.16. The second kappa shape index (κ2) is 5.01. The quantitative estimate of drug-likeness (QED) is 0.877. The molecule has 0 saturated heterocycles. The normalized spacial score (nSPS) is 10.1. The second-order valence-electron chi connectivity index (χ2n) is 3.46. The van der Waals surface area contributed by atoms with Crippen LogP contribution >= 0.6 is 11.6 Å². The Bertz CT molecular complexity index is 634. The molecule has 0 unspecified atom stereocenters. The van der Waals surface area contributed by atoms with E-state index in [0.29, 0.717) is 0 Å². The van der Waals surface area contributed by atoms with Gasteiger partial charge in [-0.1, -0.05) is 17.7 Å². The van der Waals surface area contributed by atoms with Crippen molar-refractivity contribution in [2.24, 2.45) is 0 Å². The van der Waals surface area contributed by atoms with Crippen molar-refractivity contribution in [2.45, 2.75) is 0 Å². The molecule has 6 heteroatoms. The first-order valence-corrected chi connectivity index (χ1v) is 5.40. The fraction of sp³-hybridized carbons (Fsp3) is 0. The van der Waals surface area contributed by atoms with Gasteiger partial charge in [0, 0.05) is 6.20 Å². The molecule has 0 aliphatic carbocycles. The van der Waals surface area contributed by atoms with Gasteiger partial charge in [-0.05, 0) is 24.3 Å². The van der Waals surface area contributed by atoms with E-state index in [2.05, 4.69) is 10.3 Å². The van der Waals surface area contributed by atoms with Crippen molar-refractivity contribution in [3.63, 3.8) is 0 Å². The average molecular weight is 267 g/mol. The van der Waals surface area contributed by atoms with Gasteiger partial charge in [-0.3, -0.25) is 9.59 Å². The minimum Gasteiger partial charge on any atom is -0.327 e. The third-order valence-corrected chi connectivity index (χ3v) is 2.57. The molecule has 0 atom stereocenters. The summed E-state index contributed by atoms with van der Waals surface area (Å²) in [6.07, 6.45) is 1.42. The van der Waals surface area contributed by atoms with Gasteiger partial charge in [0.1, 0.15) is 11.5 Å². The topological polar surface area (TPSA) is 62.0 Å². The van der Waals surface area contributed by atoms with Crippen molar-refractivity contribution < 1.29 is 9.18 Å². The molecule has 0 aliphatic rings. The first kappa shape index (κ1) is 12.3. The van der Waals surface area contributed by atoms with E-state index in [9.17, 15) is 14.0 Å². The van der Waals surface area contributed by atoms with Crippen LogP contribution in [0.25, 0.3) is 0 Å². The lowest BCUT2D eigenvalue weighted by Gasteiger charge is -2.06. The fourth-order valence-electron chi connectivity index (χ4n) is 1.42. The number of H-pyrrole nitrogens is 1. The molecule has 1 aromatic heterocycles. The molecule has 0 fully saturated rings. The molecular formula is C12H8ClFN2O2. The van der Waals surface area contributed by atoms with Gasteiger partial charge in [-0.25, -0.2) is 4.39 Å². The molecule has 0 saturated carbocycles. The first-order valence-electron chi connectivity index (χ1n) is 5.02. The number of aromatic amines is 1. The maximum atomic E-state index is 13.5. The van der Waals surface area contributed by atoms with E-state index in [4.69, 9.17) is 11.6 Å². The van der Waals surface area contributed by atoms with E-state index < -0.39 is 17.3 Å². The van der Waals surface area contributed by atoms with E-state index in [-0.39, 0.29) is 16.3 Å². The van der Waals surface area contributed by atoms with E-state index >= 15 is 0 Å². The summed E-state index contributed by atoms with van der Waals surface area (Å²) in [4.78, 5) is 25.6. The number of halogens is 2. The molecule has 1 heterocycles. The summed E-state index contributed by atoms with van der Waals surface area (Å²) in [5, 5.41) is 2.29. The van der Waals surface area contributed by atoms with Crippen molar-refractivity contribution >= 4 is 23.2 Å². The van der Waals surface area contributed by atoms with Gasteiger partial charge in [0.05, 0.1) is 10.6 Å². The maximum Gasteiger partial charge on any atom is 0.271 e. The number of hydrogen-bond acceptors (Lipinski definition) is 2. The minimum absolute atomic E-state index is 0.0140. The molecule has 1 amide bonds. The molecule has 92 valence electrons. The molecule has 0 bridgehead atoms. The highest BCUT2D eigenvalue weighted by Crippen LogP contribution is 2.19. The van der Waals surface area contributed by atoms with Crippen molar-refractivity contribution in [3.8, 4) is 0 Å². The number of amides is 1. The van der Waals surface area contributed by atoms with Gasteiger partial charge in [-0.15, -0.1) is 0 Å². The lowest BCUT2D eigenvalue weighted by atomic mass is 10.2. The zero-order chi connectivity index (χ0) is 13.1. The van der Waals surface area contributed by atoms with Crippen LogP contribution in [0, 0.1) is 5.82 Å². The standard InChI is InChI=1S/C12H8ClFN2O2/c13-7-3-1-4-8(14)10(7)12(18)16-9-5-2-6-15-11(9)17/h1-6H,(H,15,17)(H,16,18). The maximum absolute atomic E-state index is 13.5. The molecule has 1 aromatic carbocycles. The van der Waals surface area contributed by atoms with Gasteiger partial charge in [0.25, 0.3) is 11.5 Å². The van der Waals surface area contributed by atoms with Crippen LogP contribution in [0.3, 0.4) is 0 Å². The molecule has 0 radical (unpaired) electrons. The Morgan fingerprint density at radius 3 is 2.72 bits per heavy atom. The van der Waals surface area contributed by atoms with Crippen LogP contribution in [0.4, 0.5) is 10.1 Å². The Kier molecular flexibility index (Phi) is 3.43. The van der Waals surface area contributed by atoms with Gasteiger partial charge in [0.15, 0.2) is 0 Å². The van der Waals surface area contributed by atoms with Crippen LogP contribution in [0.1, 0.15) is 10.4 Å². The smallest absolute Gasteiger partial charge is 0.271 e. The average Bonchev–Trinajstić information content (AvgIpc) is 2.32. The van der Waals surface area contributed by atoms with Gasteiger partial charge in [0.2, 0.25) is 0 Å². The largest absolute Gasteiger partial charge is 0.327 e. The monoisotopic (exact) mass is 266 g/mol. The van der Waals surface area contributed by atoms with Crippen LogP contribution in [0.2, 0.25) is 5.02 Å². The summed E-state index contributed by atoms with van der Waals surface area (Å²) < 4.78 is 13.5. The Hall–Kier alpha value is -2.14. The van der Waals surface area contributed by atoms with E-state index in [1.807, 2.05) is 0 Å². The fourth-order valence-corrected chi connectivity index (χ4v) is 1.67. The van der Waals surface area contributed by atoms with Gasteiger partial charge >= 0.3 is 0 Å². The molecule has 18 heavy (non-hydrogen) atoms. The molecule has 2 N–H and O–H groups in total. The summed E-state index contributed by atoms with van der Waals surface area (Å²) in [7, 11) is 0. The summed E-state index contributed by atoms with van der Waals surface area (Å²) >= 11 is 5.74. The summed E-state index contributed by atoms with van der Waals surface area (Å²) in [5.41, 5.74) is -0.734. The summed E-state index contributed by atoms with van der Waals surface area (Å²) in [6, 6.07) is 6.86. The minimum atomic E-state index is -0.769. The first-order chi connectivity index (χ1) is 8.59. The number of carbonyl (C=O) groups excluding carboxylic acids is 1. The Balaban J connectivity index is 2.34. The highest BCUT2D eigenvalue weighted by molar-refractivity contribution is 6.34. The lowest BCUT2D eigenvalue weighted by Crippen LogP contribution is -2.20. The number of carbonyl (C=O) groups is 1. The Labute approximate surface area is 106 Å². The zero-order valence-electron chi connectivity index (χ0n) is 9.04. The van der Waals surface area contributed by atoms with E-state index in [1.165, 1.54) is 24.4 Å². The van der Waals surface area contributed by atoms with Crippen LogP contribution in [-0.2, 0) is 0 Å². The van der Waals surface area contributed by atoms with Crippen molar-refractivity contribution in [3.05, 3.63) is 63.3 Å². The summed E-state index contributed by atoms with van der Waals surface area (Å²) in [6.45, 7) is 0. The van der Waals surface area contributed by atoms with Crippen LogP contribution in [-0.4, -0.2) is 10.9 Å².